The van der Waals surface area contributed by atoms with E-state index in [1.165, 1.54) is 16.7 Å². The van der Waals surface area contributed by atoms with E-state index in [-0.39, 0.29) is 61.8 Å². The van der Waals surface area contributed by atoms with Crippen LogP contribution in [0.1, 0.15) is 70.8 Å². The standard InChI is InChI=1S/C33H34BrClN2O4.Ac/c34-26-19-25(35)17-23-9-8-21-7-4-14-36-31(21)30(29(23)26)20-12-15-37(16-13-20)32(39)24-10-11-28(27(38)18-24)41-33(40)22-5-2-1-3-6-22;/h1-7,14,17,19-20,24,27-28,30,38H,8-13,15-16,18H2;/t24?,27?,28?,30-;/m1./s1. The zero-order chi connectivity index (χ0) is 28.5. The summed E-state index contributed by atoms with van der Waals surface area (Å²) >= 11 is 10.3. The number of nitrogens with zero attached hydrogens (tertiary/aromatic N) is 2. The number of benzene rings is 2. The Balaban J connectivity index is 0.00000353. The molecular weight excluding hydrogens is 831 g/mol. The zero-order valence-corrected chi connectivity index (χ0v) is 30.5. The Labute approximate surface area is 296 Å². The van der Waals surface area contributed by atoms with Crippen LogP contribution in [0.2, 0.25) is 5.02 Å². The van der Waals surface area contributed by atoms with Crippen LogP contribution in [-0.4, -0.2) is 52.2 Å². The first-order chi connectivity index (χ1) is 19.9. The number of likely N-dealkylation sites (tertiary alicyclic amines) is 1. The number of carbonyl (C=O) groups excluding carboxylic acids is 2. The number of aromatic nitrogens is 1. The van der Waals surface area contributed by atoms with E-state index in [0.29, 0.717) is 43.8 Å². The molecule has 3 aliphatic rings. The molecule has 217 valence electrons. The number of fused-ring (bicyclic) bond motifs is 2. The van der Waals surface area contributed by atoms with Gasteiger partial charge in [0, 0.05) is 84.7 Å². The van der Waals surface area contributed by atoms with Crippen molar-refractivity contribution >= 4 is 39.4 Å². The van der Waals surface area contributed by atoms with Crippen molar-refractivity contribution in [2.24, 2.45) is 11.8 Å². The molecule has 2 aliphatic carbocycles. The number of amides is 1. The van der Waals surface area contributed by atoms with Gasteiger partial charge in [-0.25, -0.2) is 4.79 Å². The Morgan fingerprint density at radius 2 is 1.71 bits per heavy atom. The first kappa shape index (κ1) is 32.1. The fraction of sp³-hybridized carbons (Fsp3) is 0.424. The average molecular weight is 865 g/mol. The number of carbonyl (C=O) groups is 2. The third kappa shape index (κ3) is 6.84. The molecule has 2 fully saturated rings. The van der Waals surface area contributed by atoms with Crippen molar-refractivity contribution in [3.05, 3.63) is 98.2 Å². The van der Waals surface area contributed by atoms with Gasteiger partial charge in [0.05, 0.1) is 17.4 Å². The molecule has 3 unspecified atom stereocenters. The van der Waals surface area contributed by atoms with Crippen molar-refractivity contribution in [3.8, 4) is 0 Å². The first-order valence-electron chi connectivity index (χ1n) is 14.5. The molecule has 1 radical (unpaired) electrons. The van der Waals surface area contributed by atoms with E-state index < -0.39 is 18.2 Å². The molecule has 3 aromatic rings. The van der Waals surface area contributed by atoms with Gasteiger partial charge in [-0.2, -0.15) is 0 Å². The van der Waals surface area contributed by atoms with Crippen LogP contribution in [0, 0.1) is 55.9 Å². The number of piperidine rings is 1. The molecule has 1 aliphatic heterocycles. The van der Waals surface area contributed by atoms with E-state index in [2.05, 4.69) is 28.1 Å². The van der Waals surface area contributed by atoms with Gasteiger partial charge in [0.15, 0.2) is 0 Å². The van der Waals surface area contributed by atoms with Crippen LogP contribution in [0.25, 0.3) is 0 Å². The molecule has 2 aromatic carbocycles. The minimum Gasteiger partial charge on any atom is -0.456 e. The number of hydrogen-bond acceptors (Lipinski definition) is 5. The molecule has 1 saturated carbocycles. The van der Waals surface area contributed by atoms with E-state index in [9.17, 15) is 14.7 Å². The zero-order valence-electron chi connectivity index (χ0n) is 23.4. The van der Waals surface area contributed by atoms with Gasteiger partial charge >= 0.3 is 5.97 Å². The maximum Gasteiger partial charge on any atom is 0.338 e. The van der Waals surface area contributed by atoms with Gasteiger partial charge < -0.3 is 14.7 Å². The maximum absolute atomic E-state index is 13.5. The Bertz CT molecular complexity index is 1430. The molecule has 1 amide bonds. The number of esters is 1. The number of halogens is 2. The van der Waals surface area contributed by atoms with Gasteiger partial charge in [0.1, 0.15) is 6.10 Å². The third-order valence-electron chi connectivity index (χ3n) is 9.07. The second-order valence-corrected chi connectivity index (χ2v) is 12.8. The minimum atomic E-state index is -0.850. The summed E-state index contributed by atoms with van der Waals surface area (Å²) in [6.07, 6.45) is 5.46. The van der Waals surface area contributed by atoms with E-state index >= 15 is 0 Å². The first-order valence-corrected chi connectivity index (χ1v) is 15.7. The van der Waals surface area contributed by atoms with Crippen LogP contribution in [0.15, 0.2) is 65.3 Å². The Hall–Kier alpha value is -1.30. The molecule has 0 bridgehead atoms. The van der Waals surface area contributed by atoms with Gasteiger partial charge in [-0.3, -0.25) is 9.78 Å². The van der Waals surface area contributed by atoms with Crippen molar-refractivity contribution in [2.45, 2.75) is 63.1 Å². The van der Waals surface area contributed by atoms with E-state index in [1.807, 2.05) is 29.3 Å². The Kier molecular flexibility index (Phi) is 10.9. The summed E-state index contributed by atoms with van der Waals surface area (Å²) < 4.78 is 6.63. The summed E-state index contributed by atoms with van der Waals surface area (Å²) in [6.45, 7) is 1.36. The molecule has 9 heteroatoms. The number of aliphatic hydroxyl groups is 1. The molecule has 1 aromatic heterocycles. The summed E-state index contributed by atoms with van der Waals surface area (Å²) in [5.74, 6) is -0.106. The fourth-order valence-corrected chi connectivity index (χ4v) is 8.09. The van der Waals surface area contributed by atoms with Crippen LogP contribution in [0.5, 0.6) is 0 Å². The molecule has 6 nitrogen and oxygen atoms in total. The van der Waals surface area contributed by atoms with Crippen molar-refractivity contribution in [1.29, 1.82) is 0 Å². The average Bonchev–Trinajstić information content (AvgIpc) is 3.15. The molecule has 4 atom stereocenters. The largest absolute Gasteiger partial charge is 0.456 e. The van der Waals surface area contributed by atoms with Crippen LogP contribution in [-0.2, 0) is 22.4 Å². The number of aryl methyl sites for hydroxylation is 2. The van der Waals surface area contributed by atoms with Crippen molar-refractivity contribution in [3.63, 3.8) is 0 Å². The smallest absolute Gasteiger partial charge is 0.338 e. The van der Waals surface area contributed by atoms with Gasteiger partial charge in [0.2, 0.25) is 5.91 Å². The van der Waals surface area contributed by atoms with Gasteiger partial charge in [0.25, 0.3) is 0 Å². The van der Waals surface area contributed by atoms with Crippen molar-refractivity contribution in [2.75, 3.05) is 13.1 Å². The van der Waals surface area contributed by atoms with Crippen molar-refractivity contribution in [1.82, 2.24) is 9.88 Å². The predicted octanol–water partition coefficient (Wildman–Crippen LogP) is 6.35. The minimum absolute atomic E-state index is 0. The predicted molar refractivity (Wildman–Crippen MR) is 161 cm³/mol. The molecule has 2 heterocycles. The van der Waals surface area contributed by atoms with Gasteiger partial charge in [-0.1, -0.05) is 51.8 Å². The van der Waals surface area contributed by atoms with Crippen LogP contribution in [0.4, 0.5) is 0 Å². The molecule has 1 saturated heterocycles. The summed E-state index contributed by atoms with van der Waals surface area (Å²) in [6, 6.07) is 17.1. The number of rotatable bonds is 4. The summed E-state index contributed by atoms with van der Waals surface area (Å²) in [5, 5.41) is 11.5. The molecule has 0 spiro atoms. The Morgan fingerprint density at radius 1 is 0.976 bits per heavy atom. The number of pyridine rings is 1. The topological polar surface area (TPSA) is 79.7 Å². The Morgan fingerprint density at radius 3 is 2.45 bits per heavy atom. The van der Waals surface area contributed by atoms with Crippen molar-refractivity contribution < 1.29 is 63.5 Å². The summed E-state index contributed by atoms with van der Waals surface area (Å²) in [5.41, 5.74) is 5.44. The van der Waals surface area contributed by atoms with E-state index in [1.54, 1.807) is 24.3 Å². The van der Waals surface area contributed by atoms with Gasteiger partial charge in [-0.15, -0.1) is 0 Å². The monoisotopic (exact) mass is 863 g/mol. The molecular formula is C33H34AcBrClN2O4. The second-order valence-electron chi connectivity index (χ2n) is 11.5. The SMILES string of the molecule is O=C(OC1CCC(C(=O)N2CCC([C@H]3c4ncccc4CCc4cc(Cl)cc(Br)c43)CC2)CC1O)c1ccccc1.[Ac]. The molecule has 6 rings (SSSR count). The molecule has 42 heavy (non-hydrogen) atoms. The fourth-order valence-electron chi connectivity index (χ4n) is 6.97. The molecule has 1 N–H and O–H groups in total. The van der Waals surface area contributed by atoms with E-state index in [0.717, 1.165) is 40.9 Å². The second kappa shape index (κ2) is 14.2. The summed E-state index contributed by atoms with van der Waals surface area (Å²) in [4.78, 5) is 32.9. The number of ether oxygens (including phenoxy) is 1. The van der Waals surface area contributed by atoms with Crippen LogP contribution < -0.4 is 0 Å². The van der Waals surface area contributed by atoms with Crippen LogP contribution in [0.3, 0.4) is 0 Å². The number of aliphatic hydroxyl groups excluding tert-OH is 1. The normalized spacial score (nSPS) is 24.0. The maximum atomic E-state index is 13.5. The third-order valence-corrected chi connectivity index (χ3v) is 9.94. The van der Waals surface area contributed by atoms with E-state index in [4.69, 9.17) is 21.3 Å². The number of hydrogen-bond donors (Lipinski definition) is 1. The van der Waals surface area contributed by atoms with Gasteiger partial charge in [-0.05, 0) is 97.9 Å². The quantitative estimate of drug-likeness (QED) is 0.310. The van der Waals surface area contributed by atoms with Crippen LogP contribution >= 0.6 is 27.5 Å². The summed E-state index contributed by atoms with van der Waals surface area (Å²) in [7, 11) is 0.